The maximum Gasteiger partial charge on any atom is 0.434 e. The Morgan fingerprint density at radius 3 is 2.32 bits per heavy atom. The van der Waals surface area contributed by atoms with Gasteiger partial charge in [-0.15, -0.1) is 0 Å². The molecular formula is C28H33ClN4O4. The van der Waals surface area contributed by atoms with Gasteiger partial charge in [-0.25, -0.2) is 9.59 Å². The van der Waals surface area contributed by atoms with Crippen molar-refractivity contribution in [3.63, 3.8) is 0 Å². The molecule has 0 saturated carbocycles. The molecular weight excluding hydrogens is 492 g/mol. The van der Waals surface area contributed by atoms with Crippen molar-refractivity contribution in [2.75, 3.05) is 32.7 Å². The summed E-state index contributed by atoms with van der Waals surface area (Å²) in [5.74, 6) is 0.0491. The maximum absolute atomic E-state index is 13.0. The first-order valence-corrected chi connectivity index (χ1v) is 13.4. The normalized spacial score (nSPS) is 20.9. The topological polar surface area (TPSA) is 73.4 Å². The fourth-order valence-electron chi connectivity index (χ4n) is 5.37. The molecule has 3 heterocycles. The van der Waals surface area contributed by atoms with Crippen molar-refractivity contribution < 1.29 is 19.2 Å². The minimum absolute atomic E-state index is 0.422. The second kappa shape index (κ2) is 11.1. The van der Waals surface area contributed by atoms with Gasteiger partial charge in [0, 0.05) is 44.3 Å². The number of benzene rings is 2. The van der Waals surface area contributed by atoms with Crippen LogP contribution in [0.15, 0.2) is 48.5 Å². The van der Waals surface area contributed by atoms with E-state index in [1.54, 1.807) is 4.90 Å². The highest BCUT2D eigenvalue weighted by Gasteiger charge is 2.50. The molecule has 2 aromatic rings. The van der Waals surface area contributed by atoms with E-state index >= 15 is 0 Å². The molecule has 196 valence electrons. The molecule has 5 rings (SSSR count). The summed E-state index contributed by atoms with van der Waals surface area (Å²) in [4.78, 5) is 49.4. The molecule has 3 fully saturated rings. The first-order valence-electron chi connectivity index (χ1n) is 13.0. The highest BCUT2D eigenvalue weighted by molar-refractivity contribution is 6.30. The number of hydrogen-bond acceptors (Lipinski definition) is 5. The van der Waals surface area contributed by atoms with E-state index in [1.807, 2.05) is 31.2 Å². The zero-order valence-corrected chi connectivity index (χ0v) is 21.9. The number of hydrogen-bond donors (Lipinski definition) is 0. The van der Waals surface area contributed by atoms with Gasteiger partial charge in [-0.3, -0.25) is 9.69 Å². The summed E-state index contributed by atoms with van der Waals surface area (Å²) in [6.07, 6.45) is 3.12. The number of rotatable bonds is 6. The standard InChI is InChI=1S/C28H33ClN4O4/c1-20-2-4-23(5-3-20)18-30-16-17-32-25(19-30)26(34)33(27(32)35)37-28(36)31-14-12-22(13-15-31)7-6-21-8-10-24(29)11-9-21/h2-5,8-11,22,25H,6-7,12-19H2,1H3. The number of fused-ring (bicyclic) bond motifs is 1. The van der Waals surface area contributed by atoms with Gasteiger partial charge in [0.1, 0.15) is 6.04 Å². The lowest BCUT2D eigenvalue weighted by Gasteiger charge is -2.35. The predicted octanol–water partition coefficient (Wildman–Crippen LogP) is 4.49. The number of urea groups is 1. The van der Waals surface area contributed by atoms with Crippen LogP contribution in [0.4, 0.5) is 9.59 Å². The van der Waals surface area contributed by atoms with E-state index in [0.717, 1.165) is 36.3 Å². The molecule has 3 aliphatic heterocycles. The van der Waals surface area contributed by atoms with Gasteiger partial charge in [-0.05, 0) is 61.8 Å². The fraction of sp³-hybridized carbons (Fsp3) is 0.464. The van der Waals surface area contributed by atoms with Gasteiger partial charge in [-0.1, -0.05) is 58.6 Å². The third-order valence-electron chi connectivity index (χ3n) is 7.69. The fourth-order valence-corrected chi connectivity index (χ4v) is 5.49. The molecule has 1 unspecified atom stereocenters. The van der Waals surface area contributed by atoms with Crippen LogP contribution < -0.4 is 0 Å². The summed E-state index contributed by atoms with van der Waals surface area (Å²) in [6.45, 7) is 5.37. The summed E-state index contributed by atoms with van der Waals surface area (Å²) in [5, 5.41) is 1.41. The number of piperidine rings is 1. The van der Waals surface area contributed by atoms with Crippen LogP contribution in [0.25, 0.3) is 0 Å². The van der Waals surface area contributed by atoms with Crippen LogP contribution in [0.5, 0.6) is 0 Å². The number of amides is 4. The molecule has 0 aromatic heterocycles. The van der Waals surface area contributed by atoms with Crippen LogP contribution in [0.3, 0.4) is 0 Å². The van der Waals surface area contributed by atoms with Crippen molar-refractivity contribution in [3.8, 4) is 0 Å². The molecule has 3 saturated heterocycles. The number of hydroxylamine groups is 2. The molecule has 0 N–H and O–H groups in total. The van der Waals surface area contributed by atoms with Crippen molar-refractivity contribution in [2.45, 2.75) is 45.2 Å². The van der Waals surface area contributed by atoms with Crippen molar-refractivity contribution in [1.82, 2.24) is 19.8 Å². The van der Waals surface area contributed by atoms with Crippen LogP contribution in [-0.2, 0) is 22.6 Å². The third-order valence-corrected chi connectivity index (χ3v) is 7.94. The molecule has 0 spiro atoms. The Morgan fingerprint density at radius 2 is 1.62 bits per heavy atom. The monoisotopic (exact) mass is 524 g/mol. The SMILES string of the molecule is Cc1ccc(CN2CCN3C(=O)N(OC(=O)N4CCC(CCc5ccc(Cl)cc5)CC4)C(=O)C3C2)cc1. The first kappa shape index (κ1) is 25.5. The molecule has 4 amide bonds. The van der Waals surface area contributed by atoms with Gasteiger partial charge in [-0.2, -0.15) is 0 Å². The lowest BCUT2D eigenvalue weighted by atomic mass is 9.91. The number of aryl methyl sites for hydroxylation is 2. The largest absolute Gasteiger partial charge is 0.434 e. The number of piperazine rings is 1. The minimum atomic E-state index is -0.630. The van der Waals surface area contributed by atoms with Crippen molar-refractivity contribution in [2.24, 2.45) is 5.92 Å². The van der Waals surface area contributed by atoms with Crippen molar-refractivity contribution in [3.05, 3.63) is 70.2 Å². The van der Waals surface area contributed by atoms with Crippen LogP contribution in [0, 0.1) is 12.8 Å². The van der Waals surface area contributed by atoms with E-state index in [1.165, 1.54) is 16.0 Å². The van der Waals surface area contributed by atoms with Gasteiger partial charge in [0.05, 0.1) is 0 Å². The summed E-state index contributed by atoms with van der Waals surface area (Å²) in [5.41, 5.74) is 3.62. The summed E-state index contributed by atoms with van der Waals surface area (Å²) in [6, 6.07) is 15.0. The lowest BCUT2D eigenvalue weighted by Crippen LogP contribution is -2.52. The Balaban J connectivity index is 1.10. The average Bonchev–Trinajstić information content (AvgIpc) is 3.14. The van der Waals surface area contributed by atoms with Crippen LogP contribution in [-0.4, -0.2) is 76.6 Å². The smallest absolute Gasteiger partial charge is 0.309 e. The van der Waals surface area contributed by atoms with Crippen LogP contribution >= 0.6 is 11.6 Å². The Kier molecular flexibility index (Phi) is 7.67. The molecule has 0 aliphatic carbocycles. The zero-order valence-electron chi connectivity index (χ0n) is 21.1. The second-order valence-corrected chi connectivity index (χ2v) is 10.7. The molecule has 0 bridgehead atoms. The zero-order chi connectivity index (χ0) is 25.9. The van der Waals surface area contributed by atoms with Gasteiger partial charge in [0.15, 0.2) is 0 Å². The Bertz CT molecular complexity index is 1130. The quantitative estimate of drug-likeness (QED) is 0.520. The number of likely N-dealkylation sites (tertiary alicyclic amines) is 1. The van der Waals surface area contributed by atoms with E-state index in [9.17, 15) is 14.4 Å². The molecule has 0 radical (unpaired) electrons. The number of halogens is 1. The molecule has 37 heavy (non-hydrogen) atoms. The molecule has 8 nitrogen and oxygen atoms in total. The number of carbonyl (C=O) groups is 3. The second-order valence-electron chi connectivity index (χ2n) is 10.3. The summed E-state index contributed by atoms with van der Waals surface area (Å²) in [7, 11) is 0. The average molecular weight is 525 g/mol. The van der Waals surface area contributed by atoms with Crippen molar-refractivity contribution in [1.29, 1.82) is 0 Å². The first-order chi connectivity index (χ1) is 17.9. The number of imide groups is 1. The van der Waals surface area contributed by atoms with E-state index in [4.69, 9.17) is 16.4 Å². The molecule has 2 aromatic carbocycles. The molecule has 1 atom stereocenters. The van der Waals surface area contributed by atoms with Crippen molar-refractivity contribution >= 4 is 29.6 Å². The minimum Gasteiger partial charge on any atom is -0.309 e. The van der Waals surface area contributed by atoms with Gasteiger partial charge >= 0.3 is 12.1 Å². The van der Waals surface area contributed by atoms with Gasteiger partial charge in [0.2, 0.25) is 0 Å². The molecule has 9 heteroatoms. The predicted molar refractivity (Wildman–Crippen MR) is 140 cm³/mol. The third kappa shape index (κ3) is 5.91. The van der Waals surface area contributed by atoms with E-state index in [0.29, 0.717) is 50.2 Å². The molecule has 3 aliphatic rings. The number of carbonyl (C=O) groups excluding carboxylic acids is 3. The Hall–Kier alpha value is -3.10. The lowest BCUT2D eigenvalue weighted by molar-refractivity contribution is -0.152. The van der Waals surface area contributed by atoms with E-state index in [-0.39, 0.29) is 0 Å². The summed E-state index contributed by atoms with van der Waals surface area (Å²) >= 11 is 5.96. The van der Waals surface area contributed by atoms with Crippen LogP contribution in [0.1, 0.15) is 36.0 Å². The van der Waals surface area contributed by atoms with E-state index in [2.05, 4.69) is 29.2 Å². The Morgan fingerprint density at radius 1 is 0.946 bits per heavy atom. The van der Waals surface area contributed by atoms with Gasteiger partial charge in [0.25, 0.3) is 5.91 Å². The van der Waals surface area contributed by atoms with Crippen LogP contribution in [0.2, 0.25) is 5.02 Å². The summed E-state index contributed by atoms with van der Waals surface area (Å²) < 4.78 is 0. The Labute approximate surface area is 222 Å². The highest BCUT2D eigenvalue weighted by atomic mass is 35.5. The van der Waals surface area contributed by atoms with Gasteiger partial charge < -0.3 is 14.6 Å². The number of nitrogens with zero attached hydrogens (tertiary/aromatic N) is 4. The maximum atomic E-state index is 13.0. The highest BCUT2D eigenvalue weighted by Crippen LogP contribution is 2.26. The van der Waals surface area contributed by atoms with E-state index < -0.39 is 24.1 Å².